The number of hydrogen-bond acceptors (Lipinski definition) is 6. The standard InChI is InChI=1S/C18H37NO2.2Na.H2O4S/c1-2-3-4-5-6-7-8-9-10-11-12-13-14-15-18(21)19-16-17-20;;;1-5(2,3)4/h20H,2-17H2,1H3,(H,19,21);;;(H2,1,2,3,4)/q;2*+1;/p-2. The number of aliphatic hydroxyl groups is 1. The Morgan fingerprint density at radius 2 is 1.11 bits per heavy atom. The Kier molecular flexibility index (Phi) is 37.1. The fraction of sp³-hybridized carbons (Fsp3) is 0.944. The minimum atomic E-state index is -5.17. The van der Waals surface area contributed by atoms with Crippen LogP contribution in [0.1, 0.15) is 96.8 Å². The summed E-state index contributed by atoms with van der Waals surface area (Å²) < 4.78 is 34.1. The molecule has 0 radical (unpaired) electrons. The molecule has 0 spiro atoms. The van der Waals surface area contributed by atoms with Crippen LogP contribution in [0.4, 0.5) is 0 Å². The van der Waals surface area contributed by atoms with Crippen LogP contribution in [0.15, 0.2) is 0 Å². The second kappa shape index (κ2) is 28.3. The number of nitrogens with one attached hydrogen (secondary N) is 1. The summed E-state index contributed by atoms with van der Waals surface area (Å²) in [4.78, 5) is 11.3. The number of carbonyl (C=O) groups excluding carboxylic acids is 1. The maximum atomic E-state index is 11.3. The molecule has 0 saturated carbocycles. The molecule has 0 aromatic rings. The smallest absolute Gasteiger partial charge is 0.759 e. The molecule has 0 atom stereocenters. The molecule has 0 aromatic heterocycles. The molecule has 0 fully saturated rings. The molecule has 0 aliphatic rings. The Morgan fingerprint density at radius 3 is 1.43 bits per heavy atom. The van der Waals surface area contributed by atoms with E-state index in [1.54, 1.807) is 0 Å². The molecule has 2 N–H and O–H groups in total. The van der Waals surface area contributed by atoms with Crippen LogP contribution in [0.3, 0.4) is 0 Å². The van der Waals surface area contributed by atoms with Gasteiger partial charge in [0.25, 0.3) is 0 Å². The third-order valence-corrected chi connectivity index (χ3v) is 3.94. The molecule has 10 heteroatoms. The van der Waals surface area contributed by atoms with Gasteiger partial charge in [0.15, 0.2) is 0 Å². The van der Waals surface area contributed by atoms with E-state index in [9.17, 15) is 4.79 Å². The van der Waals surface area contributed by atoms with Crippen molar-refractivity contribution in [3.05, 3.63) is 0 Å². The summed E-state index contributed by atoms with van der Waals surface area (Å²) in [6, 6.07) is 0. The summed E-state index contributed by atoms with van der Waals surface area (Å²) in [5, 5.41) is 11.3. The predicted molar refractivity (Wildman–Crippen MR) is 101 cm³/mol. The van der Waals surface area contributed by atoms with Gasteiger partial charge in [-0.05, 0) is 6.42 Å². The maximum Gasteiger partial charge on any atom is 1.00 e. The zero-order valence-corrected chi connectivity index (χ0v) is 23.0. The van der Waals surface area contributed by atoms with E-state index >= 15 is 0 Å². The molecule has 0 rings (SSSR count). The zero-order valence-electron chi connectivity index (χ0n) is 18.2. The number of unbranched alkanes of at least 4 members (excludes halogenated alkanes) is 12. The van der Waals surface area contributed by atoms with E-state index in [-0.39, 0.29) is 71.6 Å². The van der Waals surface area contributed by atoms with Gasteiger partial charge in [-0.25, -0.2) is 0 Å². The van der Waals surface area contributed by atoms with E-state index in [1.165, 1.54) is 70.6 Å². The average Bonchev–Trinajstić information content (AvgIpc) is 2.55. The molecule has 0 saturated heterocycles. The van der Waals surface area contributed by atoms with E-state index in [4.69, 9.17) is 22.6 Å². The molecule has 28 heavy (non-hydrogen) atoms. The van der Waals surface area contributed by atoms with Crippen LogP contribution in [0.2, 0.25) is 0 Å². The summed E-state index contributed by atoms with van der Waals surface area (Å²) in [7, 11) is -5.17. The Morgan fingerprint density at radius 1 is 0.786 bits per heavy atom. The number of hydrogen-bond donors (Lipinski definition) is 2. The molecular formula is C18H37NNa2O6S. The maximum absolute atomic E-state index is 11.3. The van der Waals surface area contributed by atoms with Gasteiger partial charge < -0.3 is 19.5 Å². The van der Waals surface area contributed by atoms with Crippen LogP contribution in [-0.4, -0.2) is 41.7 Å². The molecule has 0 aliphatic carbocycles. The van der Waals surface area contributed by atoms with Gasteiger partial charge in [0.2, 0.25) is 5.91 Å². The average molecular weight is 442 g/mol. The van der Waals surface area contributed by atoms with E-state index in [1.807, 2.05) is 0 Å². The first kappa shape index (κ1) is 36.7. The SMILES string of the molecule is CCCCCCCCCCCCCCCC(=O)NCCO.O=S(=O)([O-])[O-].[Na+].[Na+]. The fourth-order valence-electron chi connectivity index (χ4n) is 2.59. The van der Waals surface area contributed by atoms with Gasteiger partial charge in [0.05, 0.1) is 6.61 Å². The zero-order chi connectivity index (χ0) is 20.1. The molecule has 0 unspecified atom stereocenters. The Labute approximate surface area is 216 Å². The van der Waals surface area contributed by atoms with Crippen molar-refractivity contribution in [2.75, 3.05) is 13.2 Å². The van der Waals surface area contributed by atoms with Crippen LogP contribution in [0.25, 0.3) is 0 Å². The van der Waals surface area contributed by atoms with Crippen molar-refractivity contribution in [3.8, 4) is 0 Å². The predicted octanol–water partition coefficient (Wildman–Crippen LogP) is -2.75. The van der Waals surface area contributed by atoms with Crippen molar-refractivity contribution < 1.29 is 86.5 Å². The van der Waals surface area contributed by atoms with E-state index < -0.39 is 10.4 Å². The second-order valence-corrected chi connectivity index (χ2v) is 7.29. The van der Waals surface area contributed by atoms with Crippen molar-refractivity contribution in [2.45, 2.75) is 96.8 Å². The second-order valence-electron chi connectivity index (χ2n) is 6.47. The van der Waals surface area contributed by atoms with Gasteiger partial charge in [0, 0.05) is 23.4 Å². The molecule has 1 amide bonds. The van der Waals surface area contributed by atoms with Crippen LogP contribution in [-0.2, 0) is 15.2 Å². The minimum Gasteiger partial charge on any atom is -0.759 e. The van der Waals surface area contributed by atoms with Crippen molar-refractivity contribution >= 4 is 16.3 Å². The third-order valence-electron chi connectivity index (χ3n) is 3.94. The Bertz CT molecular complexity index is 403. The Hall–Kier alpha value is 1.30. The number of amides is 1. The van der Waals surface area contributed by atoms with E-state index in [2.05, 4.69) is 12.2 Å². The van der Waals surface area contributed by atoms with Crippen LogP contribution in [0, 0.1) is 0 Å². The number of aliphatic hydroxyl groups excluding tert-OH is 1. The van der Waals surface area contributed by atoms with Crippen LogP contribution >= 0.6 is 0 Å². The third kappa shape index (κ3) is 45.8. The van der Waals surface area contributed by atoms with Crippen molar-refractivity contribution in [2.24, 2.45) is 0 Å². The van der Waals surface area contributed by atoms with Gasteiger partial charge in [-0.2, -0.15) is 0 Å². The molecule has 7 nitrogen and oxygen atoms in total. The first-order chi connectivity index (χ1) is 12.3. The van der Waals surface area contributed by atoms with Crippen molar-refractivity contribution in [3.63, 3.8) is 0 Å². The summed E-state index contributed by atoms with van der Waals surface area (Å²) >= 11 is 0. The topological polar surface area (TPSA) is 130 Å². The van der Waals surface area contributed by atoms with Crippen molar-refractivity contribution in [1.29, 1.82) is 0 Å². The molecule has 0 bridgehead atoms. The number of carbonyl (C=O) groups is 1. The van der Waals surface area contributed by atoms with Crippen molar-refractivity contribution in [1.82, 2.24) is 5.32 Å². The van der Waals surface area contributed by atoms with Gasteiger partial charge in [-0.1, -0.05) is 84.0 Å². The van der Waals surface area contributed by atoms with Gasteiger partial charge in [0.1, 0.15) is 0 Å². The quantitative estimate of drug-likeness (QED) is 0.116. The monoisotopic (exact) mass is 441 g/mol. The molecular weight excluding hydrogens is 404 g/mol. The first-order valence-corrected chi connectivity index (χ1v) is 11.2. The van der Waals surface area contributed by atoms with E-state index in [0.29, 0.717) is 13.0 Å². The van der Waals surface area contributed by atoms with Gasteiger partial charge >= 0.3 is 59.1 Å². The molecule has 0 aromatic carbocycles. The van der Waals surface area contributed by atoms with Gasteiger partial charge in [-0.15, -0.1) is 0 Å². The van der Waals surface area contributed by atoms with Gasteiger partial charge in [-0.3, -0.25) is 13.2 Å². The molecule has 0 aliphatic heterocycles. The summed E-state index contributed by atoms with van der Waals surface area (Å²) in [6.45, 7) is 2.68. The summed E-state index contributed by atoms with van der Waals surface area (Å²) in [6.07, 6.45) is 17.9. The molecule has 158 valence electrons. The van der Waals surface area contributed by atoms with Crippen LogP contribution < -0.4 is 64.4 Å². The minimum absolute atomic E-state index is 0. The largest absolute Gasteiger partial charge is 1.00 e. The molecule has 0 heterocycles. The first-order valence-electron chi connectivity index (χ1n) is 9.85. The fourth-order valence-corrected chi connectivity index (χ4v) is 2.59. The normalized spacial score (nSPS) is 10.1. The summed E-state index contributed by atoms with van der Waals surface area (Å²) in [5.74, 6) is 0.0760. The summed E-state index contributed by atoms with van der Waals surface area (Å²) in [5.41, 5.74) is 0. The van der Waals surface area contributed by atoms with Crippen LogP contribution in [0.5, 0.6) is 0 Å². The Balaban J connectivity index is -0.000000364. The van der Waals surface area contributed by atoms with E-state index in [0.717, 1.165) is 12.8 Å². The number of rotatable bonds is 16.